The summed E-state index contributed by atoms with van der Waals surface area (Å²) in [6.45, 7) is 11.4. The fourth-order valence-corrected chi connectivity index (χ4v) is 4.56. The summed E-state index contributed by atoms with van der Waals surface area (Å²) in [5.74, 6) is 0.544. The summed E-state index contributed by atoms with van der Waals surface area (Å²) < 4.78 is 10.4. The van der Waals surface area contributed by atoms with Crippen LogP contribution in [-0.2, 0) is 9.53 Å². The fourth-order valence-electron chi connectivity index (χ4n) is 4.56. The van der Waals surface area contributed by atoms with Crippen LogP contribution in [0.5, 0.6) is 5.75 Å². The minimum absolute atomic E-state index is 0.0750. The Kier molecular flexibility index (Phi) is 11.0. The highest BCUT2D eigenvalue weighted by molar-refractivity contribution is 5.94. The monoisotopic (exact) mass is 493 g/mol. The molecule has 0 bridgehead atoms. The standard InChI is InChI=1S/C29H39N3O4/c1-4-17-31-18-20-32(21-19-31)28(25-9-8-10-26(22-25)35-3)23-12-14-24(15-13-23)29(34)30-16-7-6-11-27(33)36-5-2/h4,8-10,12-15,22,28H,1,5-7,11,16-21H2,2-3H3,(H,30,34). The first-order valence-corrected chi connectivity index (χ1v) is 12.8. The summed E-state index contributed by atoms with van der Waals surface area (Å²) in [7, 11) is 1.69. The Hall–Kier alpha value is -3.16. The van der Waals surface area contributed by atoms with Crippen LogP contribution < -0.4 is 10.1 Å². The Bertz CT molecular complexity index is 984. The Balaban J connectivity index is 1.66. The number of nitrogens with zero attached hydrogens (tertiary/aromatic N) is 2. The Labute approximate surface area is 215 Å². The van der Waals surface area contributed by atoms with Gasteiger partial charge in [0, 0.05) is 51.3 Å². The maximum atomic E-state index is 12.6. The molecule has 1 aliphatic heterocycles. The predicted molar refractivity (Wildman–Crippen MR) is 142 cm³/mol. The zero-order valence-electron chi connectivity index (χ0n) is 21.6. The molecule has 2 aromatic rings. The van der Waals surface area contributed by atoms with Crippen LogP contribution in [0.3, 0.4) is 0 Å². The van der Waals surface area contributed by atoms with Crippen LogP contribution in [0.25, 0.3) is 0 Å². The Morgan fingerprint density at radius 3 is 2.47 bits per heavy atom. The molecule has 1 fully saturated rings. The summed E-state index contributed by atoms with van der Waals surface area (Å²) in [4.78, 5) is 29.0. The molecule has 0 aliphatic carbocycles. The largest absolute Gasteiger partial charge is 0.497 e. The lowest BCUT2D eigenvalue weighted by atomic mass is 9.95. The van der Waals surface area contributed by atoms with E-state index in [2.05, 4.69) is 46.0 Å². The maximum absolute atomic E-state index is 12.6. The first-order chi connectivity index (χ1) is 17.5. The third-order valence-corrected chi connectivity index (χ3v) is 6.46. The van der Waals surface area contributed by atoms with E-state index in [1.54, 1.807) is 14.0 Å². The molecule has 2 aromatic carbocycles. The van der Waals surface area contributed by atoms with Gasteiger partial charge in [-0.3, -0.25) is 19.4 Å². The molecule has 1 aliphatic rings. The lowest BCUT2D eigenvalue weighted by molar-refractivity contribution is -0.143. The van der Waals surface area contributed by atoms with E-state index in [0.717, 1.165) is 50.5 Å². The number of piperazine rings is 1. The third-order valence-electron chi connectivity index (χ3n) is 6.46. The molecule has 0 saturated carbocycles. The first kappa shape index (κ1) is 27.4. The molecule has 1 amide bonds. The smallest absolute Gasteiger partial charge is 0.305 e. The number of nitrogens with one attached hydrogen (secondary N) is 1. The van der Waals surface area contributed by atoms with Crippen LogP contribution >= 0.6 is 0 Å². The predicted octanol–water partition coefficient (Wildman–Crippen LogP) is 4.05. The minimum Gasteiger partial charge on any atom is -0.497 e. The zero-order valence-corrected chi connectivity index (χ0v) is 21.6. The maximum Gasteiger partial charge on any atom is 0.305 e. The van der Waals surface area contributed by atoms with Crippen LogP contribution in [0.1, 0.15) is 53.7 Å². The van der Waals surface area contributed by atoms with E-state index in [0.29, 0.717) is 31.6 Å². The van der Waals surface area contributed by atoms with Crippen molar-refractivity contribution >= 4 is 11.9 Å². The summed E-state index contributed by atoms with van der Waals surface area (Å²) in [6.07, 6.45) is 3.77. The second-order valence-corrected chi connectivity index (χ2v) is 8.94. The van der Waals surface area contributed by atoms with Crippen molar-refractivity contribution in [1.29, 1.82) is 0 Å². The average Bonchev–Trinajstić information content (AvgIpc) is 2.90. The number of carbonyl (C=O) groups excluding carboxylic acids is 2. The van der Waals surface area contributed by atoms with E-state index < -0.39 is 0 Å². The van der Waals surface area contributed by atoms with Gasteiger partial charge in [0.2, 0.25) is 0 Å². The molecule has 1 heterocycles. The van der Waals surface area contributed by atoms with Crippen LogP contribution in [-0.4, -0.2) is 74.7 Å². The quantitative estimate of drug-likeness (QED) is 0.258. The highest BCUT2D eigenvalue weighted by atomic mass is 16.5. The van der Waals surface area contributed by atoms with Gasteiger partial charge in [-0.05, 0) is 55.2 Å². The van der Waals surface area contributed by atoms with Gasteiger partial charge >= 0.3 is 5.97 Å². The number of ether oxygens (including phenoxy) is 2. The summed E-state index contributed by atoms with van der Waals surface area (Å²) in [6, 6.07) is 16.2. The van der Waals surface area contributed by atoms with Gasteiger partial charge in [0.1, 0.15) is 5.75 Å². The molecule has 1 N–H and O–H groups in total. The van der Waals surface area contributed by atoms with Crippen molar-refractivity contribution in [3.05, 3.63) is 77.9 Å². The molecule has 194 valence electrons. The van der Waals surface area contributed by atoms with E-state index in [4.69, 9.17) is 9.47 Å². The van der Waals surface area contributed by atoms with Crippen molar-refractivity contribution in [2.75, 3.05) is 53.0 Å². The van der Waals surface area contributed by atoms with Crippen molar-refractivity contribution in [1.82, 2.24) is 15.1 Å². The van der Waals surface area contributed by atoms with Crippen molar-refractivity contribution in [3.8, 4) is 5.75 Å². The number of methoxy groups -OCH3 is 1. The summed E-state index contributed by atoms with van der Waals surface area (Å²) in [5.41, 5.74) is 2.95. The molecule has 0 aromatic heterocycles. The van der Waals surface area contributed by atoms with E-state index in [1.165, 1.54) is 5.56 Å². The van der Waals surface area contributed by atoms with Gasteiger partial charge in [-0.1, -0.05) is 30.3 Å². The normalized spacial score (nSPS) is 15.2. The molecule has 1 unspecified atom stereocenters. The van der Waals surface area contributed by atoms with Crippen LogP contribution in [0.15, 0.2) is 61.2 Å². The molecule has 36 heavy (non-hydrogen) atoms. The fraction of sp³-hybridized carbons (Fsp3) is 0.448. The number of hydrogen-bond donors (Lipinski definition) is 1. The second-order valence-electron chi connectivity index (χ2n) is 8.94. The number of unbranched alkanes of at least 4 members (excludes halogenated alkanes) is 1. The van der Waals surface area contributed by atoms with Crippen LogP contribution in [0.2, 0.25) is 0 Å². The van der Waals surface area contributed by atoms with Gasteiger partial charge in [0.05, 0.1) is 19.8 Å². The van der Waals surface area contributed by atoms with Crippen LogP contribution in [0.4, 0.5) is 0 Å². The second kappa shape index (κ2) is 14.4. The summed E-state index contributed by atoms with van der Waals surface area (Å²) in [5, 5.41) is 2.95. The lowest BCUT2D eigenvalue weighted by Crippen LogP contribution is -2.47. The highest BCUT2D eigenvalue weighted by Gasteiger charge is 2.26. The lowest BCUT2D eigenvalue weighted by Gasteiger charge is -2.39. The molecule has 0 spiro atoms. The average molecular weight is 494 g/mol. The number of esters is 1. The first-order valence-electron chi connectivity index (χ1n) is 12.8. The van der Waals surface area contributed by atoms with Gasteiger partial charge in [-0.25, -0.2) is 0 Å². The molecule has 1 atom stereocenters. The number of rotatable bonds is 13. The molecule has 1 saturated heterocycles. The van der Waals surface area contributed by atoms with Crippen molar-refractivity contribution in [2.45, 2.75) is 32.2 Å². The van der Waals surface area contributed by atoms with Gasteiger partial charge in [-0.15, -0.1) is 6.58 Å². The molecule has 7 nitrogen and oxygen atoms in total. The Morgan fingerprint density at radius 2 is 1.81 bits per heavy atom. The van der Waals surface area contributed by atoms with E-state index in [1.807, 2.05) is 30.3 Å². The SMILES string of the molecule is C=CCN1CCN(C(c2ccc(C(=O)NCCCCC(=O)OCC)cc2)c2cccc(OC)c2)CC1. The van der Waals surface area contributed by atoms with Crippen LogP contribution in [0, 0.1) is 0 Å². The Morgan fingerprint density at radius 1 is 1.06 bits per heavy atom. The number of amides is 1. The van der Waals surface area contributed by atoms with Gasteiger partial charge in [-0.2, -0.15) is 0 Å². The van der Waals surface area contributed by atoms with Gasteiger partial charge in [0.25, 0.3) is 5.91 Å². The molecular formula is C29H39N3O4. The molecule has 0 radical (unpaired) electrons. The number of benzene rings is 2. The third kappa shape index (κ3) is 7.93. The molecule has 7 heteroatoms. The summed E-state index contributed by atoms with van der Waals surface area (Å²) >= 11 is 0. The van der Waals surface area contributed by atoms with Crippen molar-refractivity contribution in [2.24, 2.45) is 0 Å². The van der Waals surface area contributed by atoms with E-state index >= 15 is 0 Å². The highest BCUT2D eigenvalue weighted by Crippen LogP contribution is 2.31. The zero-order chi connectivity index (χ0) is 25.8. The van der Waals surface area contributed by atoms with E-state index in [9.17, 15) is 9.59 Å². The minimum atomic E-state index is -0.188. The van der Waals surface area contributed by atoms with Crippen molar-refractivity contribution in [3.63, 3.8) is 0 Å². The van der Waals surface area contributed by atoms with Gasteiger partial charge in [0.15, 0.2) is 0 Å². The number of carbonyl (C=O) groups is 2. The van der Waals surface area contributed by atoms with E-state index in [-0.39, 0.29) is 17.9 Å². The number of hydrogen-bond acceptors (Lipinski definition) is 6. The molecule has 3 rings (SSSR count). The topological polar surface area (TPSA) is 71.1 Å². The van der Waals surface area contributed by atoms with Gasteiger partial charge < -0.3 is 14.8 Å². The van der Waals surface area contributed by atoms with Crippen molar-refractivity contribution < 1.29 is 19.1 Å². The molecular weight excluding hydrogens is 454 g/mol.